The largest absolute Gasteiger partial charge is 0.444 e. The third-order valence-electron chi connectivity index (χ3n) is 3.56. The summed E-state index contributed by atoms with van der Waals surface area (Å²) in [4.78, 5) is 27.4. The summed E-state index contributed by atoms with van der Waals surface area (Å²) in [7, 11) is 0. The van der Waals surface area contributed by atoms with Gasteiger partial charge >= 0.3 is 12.1 Å². The van der Waals surface area contributed by atoms with E-state index in [1.165, 1.54) is 19.3 Å². The molecule has 0 unspecified atom stereocenters. The molecule has 1 saturated carbocycles. The highest BCUT2D eigenvalue weighted by atomic mass is 35.5. The predicted octanol–water partition coefficient (Wildman–Crippen LogP) is 4.29. The number of halogens is 1. The summed E-state index contributed by atoms with van der Waals surface area (Å²) in [6.07, 6.45) is 10.3. The maximum absolute atomic E-state index is 11.4. The van der Waals surface area contributed by atoms with Crippen LogP contribution in [-0.4, -0.2) is 18.2 Å². The summed E-state index contributed by atoms with van der Waals surface area (Å²) >= 11 is 0. The van der Waals surface area contributed by atoms with Crippen molar-refractivity contribution in [3.05, 3.63) is 0 Å². The number of hydroxylamine groups is 1. The monoisotopic (exact) mass is 321 g/mol. The van der Waals surface area contributed by atoms with Crippen molar-refractivity contribution in [3.8, 4) is 0 Å². The third-order valence-corrected chi connectivity index (χ3v) is 3.56. The van der Waals surface area contributed by atoms with Gasteiger partial charge in [0.2, 0.25) is 0 Å². The summed E-state index contributed by atoms with van der Waals surface area (Å²) < 4.78 is 5.10. The molecular weight excluding hydrogens is 294 g/mol. The fourth-order valence-corrected chi connectivity index (χ4v) is 2.38. The van der Waals surface area contributed by atoms with E-state index in [0.29, 0.717) is 6.42 Å². The molecule has 0 heterocycles. The zero-order chi connectivity index (χ0) is 14.6. The van der Waals surface area contributed by atoms with Crippen LogP contribution in [0.3, 0.4) is 0 Å². The number of carbonyl (C=O) groups excluding carboxylic acids is 2. The molecule has 0 aliphatic heterocycles. The molecule has 1 aliphatic rings. The third kappa shape index (κ3) is 10.4. The second-order valence-electron chi connectivity index (χ2n) is 5.41. The standard InChI is InChI=1S/C15H27NO4.ClH/c1-2-3-4-5-6-7-12-14(17)20-16-15(18)19-13-10-8-9-11-13;/h13H,2-12H2,1H3,(H,16,18);1H. The van der Waals surface area contributed by atoms with E-state index in [0.717, 1.165) is 44.9 Å². The van der Waals surface area contributed by atoms with E-state index in [9.17, 15) is 9.59 Å². The van der Waals surface area contributed by atoms with Gasteiger partial charge < -0.3 is 9.57 Å². The molecule has 0 radical (unpaired) electrons. The Morgan fingerprint density at radius 2 is 1.67 bits per heavy atom. The van der Waals surface area contributed by atoms with E-state index in [2.05, 4.69) is 17.2 Å². The minimum Gasteiger partial charge on any atom is -0.444 e. The lowest BCUT2D eigenvalue weighted by Gasteiger charge is -2.11. The van der Waals surface area contributed by atoms with Gasteiger partial charge in [-0.3, -0.25) is 0 Å². The van der Waals surface area contributed by atoms with Crippen molar-refractivity contribution in [2.24, 2.45) is 0 Å². The lowest BCUT2D eigenvalue weighted by Crippen LogP contribution is -2.30. The van der Waals surface area contributed by atoms with Gasteiger partial charge in [-0.25, -0.2) is 9.59 Å². The fourth-order valence-electron chi connectivity index (χ4n) is 2.38. The van der Waals surface area contributed by atoms with Crippen LogP contribution < -0.4 is 5.48 Å². The number of rotatable bonds is 8. The smallest absolute Gasteiger partial charge is 0.440 e. The van der Waals surface area contributed by atoms with E-state index in [-0.39, 0.29) is 18.5 Å². The molecule has 0 aromatic heterocycles. The second-order valence-corrected chi connectivity index (χ2v) is 5.41. The molecule has 21 heavy (non-hydrogen) atoms. The van der Waals surface area contributed by atoms with Gasteiger partial charge in [0.05, 0.1) is 0 Å². The molecule has 0 aromatic carbocycles. The molecule has 1 rings (SSSR count). The average molecular weight is 322 g/mol. The first-order valence-electron chi connectivity index (χ1n) is 7.88. The van der Waals surface area contributed by atoms with E-state index in [1.54, 1.807) is 0 Å². The number of unbranched alkanes of at least 4 members (excludes halogenated alkanes) is 5. The van der Waals surface area contributed by atoms with Crippen molar-refractivity contribution >= 4 is 24.5 Å². The molecular formula is C15H28ClNO4. The Morgan fingerprint density at radius 3 is 2.33 bits per heavy atom. The first-order chi connectivity index (χ1) is 9.72. The van der Waals surface area contributed by atoms with Crippen LogP contribution in [0.5, 0.6) is 0 Å². The van der Waals surface area contributed by atoms with Crippen molar-refractivity contribution in [3.63, 3.8) is 0 Å². The van der Waals surface area contributed by atoms with Crippen molar-refractivity contribution in [1.82, 2.24) is 5.48 Å². The number of ether oxygens (including phenoxy) is 1. The molecule has 1 N–H and O–H groups in total. The van der Waals surface area contributed by atoms with Crippen LogP contribution in [0.15, 0.2) is 0 Å². The van der Waals surface area contributed by atoms with E-state index >= 15 is 0 Å². The van der Waals surface area contributed by atoms with Crippen LogP contribution in [0, 0.1) is 0 Å². The van der Waals surface area contributed by atoms with Gasteiger partial charge in [-0.2, -0.15) is 0 Å². The van der Waals surface area contributed by atoms with Crippen molar-refractivity contribution in [1.29, 1.82) is 0 Å². The van der Waals surface area contributed by atoms with Crippen LogP contribution >= 0.6 is 12.4 Å². The Morgan fingerprint density at radius 1 is 1.05 bits per heavy atom. The van der Waals surface area contributed by atoms with Gasteiger partial charge in [0.1, 0.15) is 6.10 Å². The number of hydrogen-bond donors (Lipinski definition) is 1. The maximum Gasteiger partial charge on any atom is 0.440 e. The molecule has 0 aromatic rings. The van der Waals surface area contributed by atoms with Crippen LogP contribution in [0.2, 0.25) is 0 Å². The predicted molar refractivity (Wildman–Crippen MR) is 83.2 cm³/mol. The Balaban J connectivity index is 0.00000400. The van der Waals surface area contributed by atoms with E-state index in [1.807, 2.05) is 0 Å². The summed E-state index contributed by atoms with van der Waals surface area (Å²) in [6.45, 7) is 2.17. The van der Waals surface area contributed by atoms with Crippen LogP contribution in [-0.2, 0) is 14.4 Å². The summed E-state index contributed by atoms with van der Waals surface area (Å²) in [5.74, 6) is -0.399. The average Bonchev–Trinajstić information content (AvgIpc) is 2.93. The molecule has 1 aliphatic carbocycles. The lowest BCUT2D eigenvalue weighted by atomic mass is 10.1. The number of nitrogens with one attached hydrogen (secondary N) is 1. The Kier molecular flexibility index (Phi) is 12.2. The first kappa shape index (κ1) is 20.0. The van der Waals surface area contributed by atoms with Gasteiger partial charge in [0, 0.05) is 6.42 Å². The highest BCUT2D eigenvalue weighted by Gasteiger charge is 2.19. The molecule has 1 amide bonds. The number of amides is 1. The van der Waals surface area contributed by atoms with Crippen molar-refractivity contribution in [2.75, 3.05) is 0 Å². The highest BCUT2D eigenvalue weighted by Crippen LogP contribution is 2.20. The Bertz CT molecular complexity index is 293. The number of hydrogen-bond acceptors (Lipinski definition) is 4. The fraction of sp³-hybridized carbons (Fsp3) is 0.867. The maximum atomic E-state index is 11.4. The van der Waals surface area contributed by atoms with Crippen LogP contribution in [0.25, 0.3) is 0 Å². The Labute approximate surface area is 133 Å². The highest BCUT2D eigenvalue weighted by molar-refractivity contribution is 5.85. The van der Waals surface area contributed by atoms with Crippen LogP contribution in [0.1, 0.15) is 77.6 Å². The van der Waals surface area contributed by atoms with Crippen molar-refractivity contribution < 1.29 is 19.2 Å². The first-order valence-corrected chi connectivity index (χ1v) is 7.88. The SMILES string of the molecule is CCCCCCCCC(=O)ONC(=O)OC1CCCC1.Cl. The zero-order valence-electron chi connectivity index (χ0n) is 12.9. The zero-order valence-corrected chi connectivity index (χ0v) is 13.7. The normalized spacial score (nSPS) is 14.3. The van der Waals surface area contributed by atoms with Gasteiger partial charge in [0.15, 0.2) is 0 Å². The topological polar surface area (TPSA) is 64.6 Å². The molecule has 0 saturated heterocycles. The summed E-state index contributed by atoms with van der Waals surface area (Å²) in [5.41, 5.74) is 2.06. The van der Waals surface area contributed by atoms with E-state index in [4.69, 9.17) is 4.74 Å². The minimum absolute atomic E-state index is 0. The quantitative estimate of drug-likeness (QED) is 0.535. The summed E-state index contributed by atoms with van der Waals surface area (Å²) in [6, 6.07) is 0. The molecule has 5 nitrogen and oxygen atoms in total. The molecule has 0 bridgehead atoms. The number of carbonyl (C=O) groups is 2. The molecule has 0 atom stereocenters. The summed E-state index contributed by atoms with van der Waals surface area (Å²) in [5, 5.41) is 0. The van der Waals surface area contributed by atoms with Gasteiger partial charge in [-0.05, 0) is 32.1 Å². The Hall–Kier alpha value is -0.970. The van der Waals surface area contributed by atoms with E-state index < -0.39 is 12.1 Å². The molecule has 1 fully saturated rings. The second kappa shape index (κ2) is 12.7. The van der Waals surface area contributed by atoms with Crippen molar-refractivity contribution in [2.45, 2.75) is 83.7 Å². The van der Waals surface area contributed by atoms with Crippen LogP contribution in [0.4, 0.5) is 4.79 Å². The minimum atomic E-state index is -0.659. The molecule has 0 spiro atoms. The van der Waals surface area contributed by atoms with Gasteiger partial charge in [0.25, 0.3) is 0 Å². The van der Waals surface area contributed by atoms with Gasteiger partial charge in [-0.1, -0.05) is 39.0 Å². The molecule has 6 heteroatoms. The lowest BCUT2D eigenvalue weighted by molar-refractivity contribution is -0.150. The molecule has 124 valence electrons. The van der Waals surface area contributed by atoms with Gasteiger partial charge in [-0.15, -0.1) is 17.9 Å².